The molecular weight excluding hydrogens is 234 g/mol. The molecule has 1 atom stereocenters. The van der Waals surface area contributed by atoms with Crippen molar-refractivity contribution in [3.8, 4) is 0 Å². The Kier molecular flexibility index (Phi) is 4.51. The largest absolute Gasteiger partial charge is 0.416 e. The van der Waals surface area contributed by atoms with E-state index in [0.29, 0.717) is 12.5 Å². The fraction of sp³-hybridized carbons (Fsp3) is 0.500. The highest BCUT2D eigenvalue weighted by Gasteiger charge is 2.34. The third-order valence-corrected chi connectivity index (χ3v) is 2.59. The molecule has 0 spiro atoms. The van der Waals surface area contributed by atoms with E-state index in [1.54, 1.807) is 0 Å². The van der Waals surface area contributed by atoms with E-state index in [2.05, 4.69) is 0 Å². The van der Waals surface area contributed by atoms with Gasteiger partial charge in [0.05, 0.1) is 5.56 Å². The van der Waals surface area contributed by atoms with Crippen molar-refractivity contribution in [1.82, 2.24) is 0 Å². The van der Waals surface area contributed by atoms with Crippen LogP contribution in [0.25, 0.3) is 0 Å². The number of unbranched alkanes of at least 4 members (excludes halogenated alkanes) is 1. The third-order valence-electron chi connectivity index (χ3n) is 2.59. The molecule has 0 amide bonds. The number of nitrogens with two attached hydrogens (primary N) is 1. The summed E-state index contributed by atoms with van der Waals surface area (Å²) in [5.74, 6) is -0.899. The SMILES string of the molecule is CCCC[C@@H](N)c1ccc(F)cc1C(F)(F)F. The Morgan fingerprint density at radius 3 is 2.47 bits per heavy atom. The fourth-order valence-corrected chi connectivity index (χ4v) is 1.68. The Morgan fingerprint density at radius 1 is 1.29 bits per heavy atom. The lowest BCUT2D eigenvalue weighted by Gasteiger charge is -2.18. The van der Waals surface area contributed by atoms with Crippen molar-refractivity contribution in [2.45, 2.75) is 38.4 Å². The second-order valence-electron chi connectivity index (χ2n) is 3.98. The smallest absolute Gasteiger partial charge is 0.324 e. The van der Waals surface area contributed by atoms with E-state index in [4.69, 9.17) is 5.73 Å². The topological polar surface area (TPSA) is 26.0 Å². The molecule has 0 saturated heterocycles. The molecule has 0 unspecified atom stereocenters. The molecule has 2 N–H and O–H groups in total. The minimum absolute atomic E-state index is 0.0349. The van der Waals surface area contributed by atoms with E-state index in [0.717, 1.165) is 25.0 Å². The predicted octanol–water partition coefficient (Wildman–Crippen LogP) is 4.03. The van der Waals surface area contributed by atoms with Crippen LogP contribution in [0, 0.1) is 5.82 Å². The minimum Gasteiger partial charge on any atom is -0.324 e. The first-order chi connectivity index (χ1) is 7.86. The standard InChI is InChI=1S/C12H15F4N/c1-2-3-4-11(17)9-6-5-8(13)7-10(9)12(14,15)16/h5-7,11H,2-4,17H2,1H3/t11-/m1/s1. The van der Waals surface area contributed by atoms with Crippen LogP contribution >= 0.6 is 0 Å². The molecule has 1 aromatic carbocycles. The van der Waals surface area contributed by atoms with Crippen LogP contribution in [-0.2, 0) is 6.18 Å². The number of benzene rings is 1. The van der Waals surface area contributed by atoms with Gasteiger partial charge in [0.15, 0.2) is 0 Å². The highest BCUT2D eigenvalue weighted by atomic mass is 19.4. The molecule has 1 rings (SSSR count). The highest BCUT2D eigenvalue weighted by Crippen LogP contribution is 2.35. The van der Waals surface area contributed by atoms with E-state index >= 15 is 0 Å². The highest BCUT2D eigenvalue weighted by molar-refractivity contribution is 5.32. The van der Waals surface area contributed by atoms with Gasteiger partial charge in [0.2, 0.25) is 0 Å². The molecule has 96 valence electrons. The van der Waals surface area contributed by atoms with Crippen LogP contribution in [0.5, 0.6) is 0 Å². The summed E-state index contributed by atoms with van der Waals surface area (Å²) in [6.07, 6.45) is -2.50. The molecule has 0 heterocycles. The van der Waals surface area contributed by atoms with Crippen molar-refractivity contribution in [3.63, 3.8) is 0 Å². The fourth-order valence-electron chi connectivity index (χ4n) is 1.68. The normalized spacial score (nSPS) is 13.8. The lowest BCUT2D eigenvalue weighted by Crippen LogP contribution is -2.17. The Morgan fingerprint density at radius 2 is 1.94 bits per heavy atom. The zero-order valence-electron chi connectivity index (χ0n) is 9.52. The molecule has 0 aliphatic heterocycles. The summed E-state index contributed by atoms with van der Waals surface area (Å²) in [7, 11) is 0. The first kappa shape index (κ1) is 14.0. The van der Waals surface area contributed by atoms with Crippen LogP contribution in [-0.4, -0.2) is 0 Å². The Labute approximate surface area is 97.6 Å². The van der Waals surface area contributed by atoms with Crippen molar-refractivity contribution in [1.29, 1.82) is 0 Å². The van der Waals surface area contributed by atoms with Crippen molar-refractivity contribution in [2.24, 2.45) is 5.73 Å². The molecule has 0 aliphatic rings. The van der Waals surface area contributed by atoms with Gasteiger partial charge < -0.3 is 5.73 Å². The third kappa shape index (κ3) is 3.70. The molecule has 0 aliphatic carbocycles. The summed E-state index contributed by atoms with van der Waals surface area (Å²) in [6, 6.07) is 1.93. The quantitative estimate of drug-likeness (QED) is 0.801. The van der Waals surface area contributed by atoms with Crippen LogP contribution in [0.1, 0.15) is 43.4 Å². The van der Waals surface area contributed by atoms with Gasteiger partial charge in [0, 0.05) is 6.04 Å². The number of halogens is 4. The van der Waals surface area contributed by atoms with Crippen molar-refractivity contribution >= 4 is 0 Å². The van der Waals surface area contributed by atoms with Crippen LogP contribution in [0.4, 0.5) is 17.6 Å². The summed E-state index contributed by atoms with van der Waals surface area (Å²) in [5, 5.41) is 0. The maximum atomic E-state index is 12.9. The number of alkyl halides is 3. The lowest BCUT2D eigenvalue weighted by atomic mass is 9.96. The molecule has 1 aromatic rings. The van der Waals surface area contributed by atoms with Gasteiger partial charge in [-0.2, -0.15) is 13.2 Å². The number of hydrogen-bond donors (Lipinski definition) is 1. The lowest BCUT2D eigenvalue weighted by molar-refractivity contribution is -0.138. The maximum Gasteiger partial charge on any atom is 0.416 e. The minimum atomic E-state index is -4.57. The predicted molar refractivity (Wildman–Crippen MR) is 57.9 cm³/mol. The summed E-state index contributed by atoms with van der Waals surface area (Å²) in [5.41, 5.74) is 4.70. The molecular formula is C12H15F4N. The average Bonchev–Trinajstić information content (AvgIpc) is 2.24. The zero-order valence-corrected chi connectivity index (χ0v) is 9.52. The molecule has 17 heavy (non-hydrogen) atoms. The monoisotopic (exact) mass is 249 g/mol. The molecule has 0 aromatic heterocycles. The summed E-state index contributed by atoms with van der Waals surface area (Å²) in [4.78, 5) is 0. The summed E-state index contributed by atoms with van der Waals surface area (Å²) < 4.78 is 50.9. The van der Waals surface area contributed by atoms with Crippen LogP contribution in [0.3, 0.4) is 0 Å². The van der Waals surface area contributed by atoms with Gasteiger partial charge in [0.1, 0.15) is 5.82 Å². The molecule has 0 fully saturated rings. The molecule has 0 radical (unpaired) electrons. The van der Waals surface area contributed by atoms with E-state index in [-0.39, 0.29) is 5.56 Å². The first-order valence-corrected chi connectivity index (χ1v) is 5.48. The van der Waals surface area contributed by atoms with Crippen LogP contribution in [0.15, 0.2) is 18.2 Å². The van der Waals surface area contributed by atoms with Gasteiger partial charge in [-0.25, -0.2) is 4.39 Å². The van der Waals surface area contributed by atoms with Gasteiger partial charge in [-0.05, 0) is 24.1 Å². The molecule has 0 saturated carbocycles. The zero-order chi connectivity index (χ0) is 13.1. The average molecular weight is 249 g/mol. The van der Waals surface area contributed by atoms with Crippen molar-refractivity contribution in [2.75, 3.05) is 0 Å². The Bertz CT molecular complexity index is 373. The van der Waals surface area contributed by atoms with Gasteiger partial charge in [-0.15, -0.1) is 0 Å². The van der Waals surface area contributed by atoms with E-state index in [9.17, 15) is 17.6 Å². The van der Waals surface area contributed by atoms with Crippen LogP contribution in [0.2, 0.25) is 0 Å². The van der Waals surface area contributed by atoms with E-state index in [1.165, 1.54) is 0 Å². The molecule has 1 nitrogen and oxygen atoms in total. The van der Waals surface area contributed by atoms with Gasteiger partial charge in [-0.1, -0.05) is 25.8 Å². The molecule has 5 heteroatoms. The number of rotatable bonds is 4. The second kappa shape index (κ2) is 5.49. The number of hydrogen-bond acceptors (Lipinski definition) is 1. The van der Waals surface area contributed by atoms with Gasteiger partial charge in [-0.3, -0.25) is 0 Å². The second-order valence-corrected chi connectivity index (χ2v) is 3.98. The van der Waals surface area contributed by atoms with E-state index in [1.807, 2.05) is 6.92 Å². The van der Waals surface area contributed by atoms with Crippen molar-refractivity contribution in [3.05, 3.63) is 35.1 Å². The van der Waals surface area contributed by atoms with Crippen molar-refractivity contribution < 1.29 is 17.6 Å². The Balaban J connectivity index is 3.06. The van der Waals surface area contributed by atoms with Gasteiger partial charge in [0.25, 0.3) is 0 Å². The van der Waals surface area contributed by atoms with Crippen LogP contribution < -0.4 is 5.73 Å². The molecule has 0 bridgehead atoms. The van der Waals surface area contributed by atoms with E-state index < -0.39 is 23.6 Å². The van der Waals surface area contributed by atoms with Gasteiger partial charge >= 0.3 is 6.18 Å². The summed E-state index contributed by atoms with van der Waals surface area (Å²) in [6.45, 7) is 1.93. The summed E-state index contributed by atoms with van der Waals surface area (Å²) >= 11 is 0. The maximum absolute atomic E-state index is 12.9. The Hall–Kier alpha value is -1.10. The first-order valence-electron chi connectivity index (χ1n) is 5.48.